The van der Waals surface area contributed by atoms with Crippen LogP contribution in [-0.4, -0.2) is 12.2 Å². The number of benzene rings is 2. The van der Waals surface area contributed by atoms with Crippen LogP contribution in [0.4, 0.5) is 0 Å². The monoisotopic (exact) mass is 284 g/mol. The van der Waals surface area contributed by atoms with Crippen molar-refractivity contribution in [1.29, 1.82) is 0 Å². The number of halogens is 2. The fourth-order valence-electron chi connectivity index (χ4n) is 1.42. The second-order valence-corrected chi connectivity index (χ2v) is 4.38. The predicted molar refractivity (Wildman–Crippen MR) is 71.2 cm³/mol. The lowest BCUT2D eigenvalue weighted by atomic mass is 10.3. The number of hydrogen-bond donors (Lipinski definition) is 1. The Bertz CT molecular complexity index is 570. The van der Waals surface area contributed by atoms with Gasteiger partial charge in [0.1, 0.15) is 0 Å². The van der Waals surface area contributed by atoms with Gasteiger partial charge in [-0.15, -0.1) is 0 Å². The minimum Gasteiger partial charge on any atom is -0.504 e. The average Bonchev–Trinajstić information content (AvgIpc) is 2.34. The summed E-state index contributed by atoms with van der Waals surface area (Å²) in [4.78, 5) is 0. The number of rotatable bonds is 3. The molecule has 0 spiro atoms. The predicted octanol–water partition coefficient (Wildman–Crippen LogP) is 4.50. The zero-order valence-corrected chi connectivity index (χ0v) is 11.0. The van der Waals surface area contributed by atoms with Gasteiger partial charge < -0.3 is 14.6 Å². The van der Waals surface area contributed by atoms with Gasteiger partial charge in [0.2, 0.25) is 0 Å². The van der Waals surface area contributed by atoms with Crippen molar-refractivity contribution in [2.24, 2.45) is 0 Å². The summed E-state index contributed by atoms with van der Waals surface area (Å²) in [5.41, 5.74) is 0. The van der Waals surface area contributed by atoms with Crippen LogP contribution >= 0.6 is 23.2 Å². The van der Waals surface area contributed by atoms with E-state index in [1.807, 2.05) is 0 Å². The van der Waals surface area contributed by atoms with E-state index in [9.17, 15) is 5.11 Å². The van der Waals surface area contributed by atoms with Gasteiger partial charge in [-0.05, 0) is 24.3 Å². The normalized spacial score (nSPS) is 10.2. The van der Waals surface area contributed by atoms with Crippen molar-refractivity contribution in [3.8, 4) is 23.0 Å². The molecule has 2 aromatic rings. The van der Waals surface area contributed by atoms with E-state index in [0.29, 0.717) is 27.3 Å². The van der Waals surface area contributed by atoms with Crippen LogP contribution in [0.5, 0.6) is 23.0 Å². The maximum Gasteiger partial charge on any atom is 0.169 e. The van der Waals surface area contributed by atoms with Crippen molar-refractivity contribution in [3.63, 3.8) is 0 Å². The number of ether oxygens (including phenoxy) is 2. The lowest BCUT2D eigenvalue weighted by molar-refractivity contribution is 0.366. The molecule has 0 unspecified atom stereocenters. The highest BCUT2D eigenvalue weighted by molar-refractivity contribution is 6.31. The van der Waals surface area contributed by atoms with Gasteiger partial charge in [-0.3, -0.25) is 0 Å². The van der Waals surface area contributed by atoms with Gasteiger partial charge >= 0.3 is 0 Å². The second kappa shape index (κ2) is 5.38. The smallest absolute Gasteiger partial charge is 0.169 e. The molecule has 0 aliphatic heterocycles. The van der Waals surface area contributed by atoms with Gasteiger partial charge in [0.05, 0.1) is 7.11 Å². The highest BCUT2D eigenvalue weighted by Crippen LogP contribution is 2.38. The molecule has 0 aromatic heterocycles. The molecular formula is C13H10Cl2O3. The number of aromatic hydroxyl groups is 1. The molecule has 0 amide bonds. The lowest BCUT2D eigenvalue weighted by Gasteiger charge is -2.11. The minimum absolute atomic E-state index is 0.0421. The molecule has 0 aliphatic carbocycles. The van der Waals surface area contributed by atoms with E-state index in [1.54, 1.807) is 30.3 Å². The summed E-state index contributed by atoms with van der Waals surface area (Å²) in [5, 5.41) is 10.7. The molecular weight excluding hydrogens is 275 g/mol. The first-order chi connectivity index (χ1) is 8.60. The van der Waals surface area contributed by atoms with Gasteiger partial charge in [-0.1, -0.05) is 23.2 Å². The molecule has 0 fully saturated rings. The van der Waals surface area contributed by atoms with Gasteiger partial charge in [0.15, 0.2) is 23.0 Å². The summed E-state index contributed by atoms with van der Waals surface area (Å²) in [7, 11) is 1.51. The van der Waals surface area contributed by atoms with E-state index in [-0.39, 0.29) is 5.75 Å². The Labute approximate surface area is 114 Å². The summed E-state index contributed by atoms with van der Waals surface area (Å²) < 4.78 is 10.7. The Morgan fingerprint density at radius 1 is 0.889 bits per heavy atom. The molecule has 94 valence electrons. The largest absolute Gasteiger partial charge is 0.504 e. The molecule has 1 N–H and O–H groups in total. The summed E-state index contributed by atoms with van der Waals surface area (Å²) >= 11 is 11.6. The van der Waals surface area contributed by atoms with E-state index < -0.39 is 0 Å². The number of methoxy groups -OCH3 is 1. The highest BCUT2D eigenvalue weighted by atomic mass is 35.5. The van der Waals surface area contributed by atoms with Crippen LogP contribution in [0, 0.1) is 0 Å². The van der Waals surface area contributed by atoms with Gasteiger partial charge in [0, 0.05) is 22.2 Å². The van der Waals surface area contributed by atoms with Crippen molar-refractivity contribution < 1.29 is 14.6 Å². The van der Waals surface area contributed by atoms with Gasteiger partial charge in [0.25, 0.3) is 0 Å². The van der Waals surface area contributed by atoms with Crippen LogP contribution in [0.1, 0.15) is 0 Å². The molecule has 5 heteroatoms. The summed E-state index contributed by atoms with van der Waals surface area (Å²) in [6, 6.07) is 9.56. The second-order valence-electron chi connectivity index (χ2n) is 3.51. The zero-order chi connectivity index (χ0) is 13.1. The Hall–Kier alpha value is -1.58. The quantitative estimate of drug-likeness (QED) is 0.902. The Kier molecular flexibility index (Phi) is 3.84. The molecule has 0 radical (unpaired) electrons. The fourth-order valence-corrected chi connectivity index (χ4v) is 1.75. The maximum atomic E-state index is 9.69. The molecule has 0 atom stereocenters. The van der Waals surface area contributed by atoms with E-state index in [4.69, 9.17) is 32.7 Å². The van der Waals surface area contributed by atoms with Crippen molar-refractivity contribution in [2.75, 3.05) is 7.11 Å². The van der Waals surface area contributed by atoms with Crippen LogP contribution in [0.3, 0.4) is 0 Å². The molecule has 2 aromatic carbocycles. The van der Waals surface area contributed by atoms with Crippen molar-refractivity contribution in [3.05, 3.63) is 46.4 Å². The molecule has 0 saturated carbocycles. The van der Waals surface area contributed by atoms with E-state index in [0.717, 1.165) is 0 Å². The van der Waals surface area contributed by atoms with Gasteiger partial charge in [-0.2, -0.15) is 0 Å². The highest BCUT2D eigenvalue weighted by Gasteiger charge is 2.09. The lowest BCUT2D eigenvalue weighted by Crippen LogP contribution is -1.90. The number of phenolic OH excluding ortho intramolecular Hbond substituents is 1. The van der Waals surface area contributed by atoms with E-state index >= 15 is 0 Å². The first kappa shape index (κ1) is 12.9. The third-order valence-electron chi connectivity index (χ3n) is 2.27. The number of phenols is 1. The van der Waals surface area contributed by atoms with Crippen molar-refractivity contribution in [2.45, 2.75) is 0 Å². The van der Waals surface area contributed by atoms with Crippen LogP contribution in [0.25, 0.3) is 0 Å². The SMILES string of the molecule is COc1cc(Cl)ccc1Oc1ccc(Cl)cc1O. The van der Waals surface area contributed by atoms with E-state index in [2.05, 4.69) is 0 Å². The van der Waals surface area contributed by atoms with Crippen molar-refractivity contribution >= 4 is 23.2 Å². The molecule has 2 rings (SSSR count). The molecule has 0 saturated heterocycles. The minimum atomic E-state index is -0.0421. The first-order valence-corrected chi connectivity index (χ1v) is 5.85. The third kappa shape index (κ3) is 2.81. The molecule has 0 bridgehead atoms. The molecule has 0 aliphatic rings. The number of hydrogen-bond acceptors (Lipinski definition) is 3. The summed E-state index contributed by atoms with van der Waals surface area (Å²) in [5.74, 6) is 1.19. The van der Waals surface area contributed by atoms with E-state index in [1.165, 1.54) is 13.2 Å². The summed E-state index contributed by atoms with van der Waals surface area (Å²) in [6.45, 7) is 0. The standard InChI is InChI=1S/C13H10Cl2O3/c1-17-13-7-9(15)3-5-12(13)18-11-4-2-8(14)6-10(11)16/h2-7,16H,1H3. The topological polar surface area (TPSA) is 38.7 Å². The molecule has 18 heavy (non-hydrogen) atoms. The maximum absolute atomic E-state index is 9.69. The first-order valence-electron chi connectivity index (χ1n) is 5.10. The average molecular weight is 285 g/mol. The molecule has 0 heterocycles. The third-order valence-corrected chi connectivity index (χ3v) is 2.74. The zero-order valence-electron chi connectivity index (χ0n) is 9.48. The summed E-state index contributed by atoms with van der Waals surface area (Å²) in [6.07, 6.45) is 0. The van der Waals surface area contributed by atoms with Crippen LogP contribution in [-0.2, 0) is 0 Å². The molecule has 3 nitrogen and oxygen atoms in total. The van der Waals surface area contributed by atoms with Crippen LogP contribution in [0.15, 0.2) is 36.4 Å². The van der Waals surface area contributed by atoms with Gasteiger partial charge in [-0.25, -0.2) is 0 Å². The Morgan fingerprint density at radius 3 is 2.11 bits per heavy atom. The van der Waals surface area contributed by atoms with Crippen LogP contribution < -0.4 is 9.47 Å². The fraction of sp³-hybridized carbons (Fsp3) is 0.0769. The Balaban J connectivity index is 2.33. The Morgan fingerprint density at radius 2 is 1.50 bits per heavy atom. The van der Waals surface area contributed by atoms with Crippen molar-refractivity contribution in [1.82, 2.24) is 0 Å². The van der Waals surface area contributed by atoms with Crippen LogP contribution in [0.2, 0.25) is 10.0 Å².